The van der Waals surface area contributed by atoms with Crippen LogP contribution in [0.25, 0.3) is 0 Å². The summed E-state index contributed by atoms with van der Waals surface area (Å²) in [5.74, 6) is 0.542. The molecule has 2 saturated heterocycles. The minimum atomic E-state index is -0.518. The first kappa shape index (κ1) is 29.8. The van der Waals surface area contributed by atoms with Gasteiger partial charge in [-0.15, -0.1) is 0 Å². The van der Waals surface area contributed by atoms with Crippen molar-refractivity contribution in [2.75, 3.05) is 39.3 Å². The number of benzene rings is 1. The van der Waals surface area contributed by atoms with E-state index in [-0.39, 0.29) is 18.0 Å². The highest BCUT2D eigenvalue weighted by molar-refractivity contribution is 9.10. The van der Waals surface area contributed by atoms with Gasteiger partial charge in [-0.3, -0.25) is 14.7 Å². The van der Waals surface area contributed by atoms with Crippen LogP contribution in [0.5, 0.6) is 0 Å². The average Bonchev–Trinajstić information content (AvgIpc) is 3.05. The van der Waals surface area contributed by atoms with Gasteiger partial charge in [0.1, 0.15) is 5.60 Å². The number of nitrogens with zero attached hydrogens (tertiary/aromatic N) is 4. The number of amides is 2. The van der Waals surface area contributed by atoms with Crippen molar-refractivity contribution in [3.05, 3.63) is 60.7 Å². The van der Waals surface area contributed by atoms with Crippen molar-refractivity contribution >= 4 is 55.5 Å². The molecule has 1 aromatic carbocycles. The van der Waals surface area contributed by atoms with Gasteiger partial charge in [-0.2, -0.15) is 0 Å². The summed E-state index contributed by atoms with van der Waals surface area (Å²) < 4.78 is 7.51. The van der Waals surface area contributed by atoms with Crippen molar-refractivity contribution < 1.29 is 14.3 Å². The van der Waals surface area contributed by atoms with E-state index in [4.69, 9.17) is 21.3 Å². The maximum atomic E-state index is 13.2. The number of aryl methyl sites for hydroxylation is 2. The highest BCUT2D eigenvalue weighted by Gasteiger charge is 2.35. The molecule has 2 aliphatic heterocycles. The molecule has 1 atom stereocenters. The van der Waals surface area contributed by atoms with E-state index in [1.807, 2.05) is 37.9 Å². The fourth-order valence-corrected chi connectivity index (χ4v) is 7.58. The molecule has 1 aliphatic carbocycles. The van der Waals surface area contributed by atoms with Crippen LogP contribution in [0.2, 0.25) is 5.02 Å². The lowest BCUT2D eigenvalue weighted by molar-refractivity contribution is -0.134. The van der Waals surface area contributed by atoms with E-state index in [0.717, 1.165) is 58.4 Å². The Morgan fingerprint density at radius 2 is 1.62 bits per heavy atom. The molecule has 3 heterocycles. The fraction of sp³-hybridized carbons (Fsp3) is 0.567. The standard InChI is InChI=1S/C30H37Br2ClN4O3/c1-30(2,3)40-29(39)37-12-10-35(11-13-37)25(38)14-19-6-8-36(9-7-19)28-26-20(16-23(33)17-24(26)32)4-5-21-15-22(31)18-34-27(21)28/h15-19,28H,4-14H2,1-3H3. The van der Waals surface area contributed by atoms with Crippen molar-refractivity contribution in [1.29, 1.82) is 0 Å². The third kappa shape index (κ3) is 6.85. The van der Waals surface area contributed by atoms with E-state index in [2.05, 4.69) is 48.9 Å². The third-order valence-electron chi connectivity index (χ3n) is 8.11. The Morgan fingerprint density at radius 1 is 0.975 bits per heavy atom. The number of piperidine rings is 1. The molecule has 0 spiro atoms. The molecule has 5 rings (SSSR count). The average molecular weight is 697 g/mol. The molecule has 3 aliphatic rings. The van der Waals surface area contributed by atoms with Gasteiger partial charge >= 0.3 is 6.09 Å². The van der Waals surface area contributed by atoms with Gasteiger partial charge < -0.3 is 14.5 Å². The number of carbonyl (C=O) groups excluding carboxylic acids is 2. The van der Waals surface area contributed by atoms with Gasteiger partial charge in [-0.1, -0.05) is 27.5 Å². The van der Waals surface area contributed by atoms with Gasteiger partial charge in [0.2, 0.25) is 5.91 Å². The molecule has 40 heavy (non-hydrogen) atoms. The Bertz CT molecular complexity index is 1270. The third-order valence-corrected chi connectivity index (χ3v) is 9.41. The number of ether oxygens (including phenoxy) is 1. The van der Waals surface area contributed by atoms with Crippen LogP contribution in [-0.2, 0) is 22.4 Å². The molecule has 0 saturated carbocycles. The maximum Gasteiger partial charge on any atom is 0.410 e. The molecule has 7 nitrogen and oxygen atoms in total. The van der Waals surface area contributed by atoms with Crippen LogP contribution in [0.4, 0.5) is 4.79 Å². The van der Waals surface area contributed by atoms with Crippen LogP contribution in [0, 0.1) is 5.92 Å². The molecule has 2 aromatic rings. The monoisotopic (exact) mass is 694 g/mol. The number of rotatable bonds is 3. The smallest absolute Gasteiger partial charge is 0.410 e. The fourth-order valence-electron chi connectivity index (χ4n) is 6.11. The van der Waals surface area contributed by atoms with E-state index in [0.29, 0.717) is 38.5 Å². The zero-order valence-corrected chi connectivity index (χ0v) is 27.3. The number of hydrogen-bond donors (Lipinski definition) is 0. The van der Waals surface area contributed by atoms with Crippen LogP contribution in [0.15, 0.2) is 33.3 Å². The molecule has 0 bridgehead atoms. The zero-order valence-electron chi connectivity index (χ0n) is 23.4. The Morgan fingerprint density at radius 3 is 2.30 bits per heavy atom. The Hall–Kier alpha value is -1.68. The van der Waals surface area contributed by atoms with E-state index >= 15 is 0 Å². The molecule has 1 unspecified atom stereocenters. The number of hydrogen-bond acceptors (Lipinski definition) is 5. The zero-order chi connectivity index (χ0) is 28.6. The van der Waals surface area contributed by atoms with E-state index in [1.165, 1.54) is 16.7 Å². The number of halogens is 3. The molecule has 2 amide bonds. The largest absolute Gasteiger partial charge is 0.444 e. The molecule has 10 heteroatoms. The molecular formula is C30H37Br2ClN4O3. The van der Waals surface area contributed by atoms with Gasteiger partial charge in [0.15, 0.2) is 0 Å². The van der Waals surface area contributed by atoms with Crippen LogP contribution in [0.3, 0.4) is 0 Å². The highest BCUT2D eigenvalue weighted by atomic mass is 79.9. The Balaban J connectivity index is 1.22. The molecule has 1 aromatic heterocycles. The number of aromatic nitrogens is 1. The van der Waals surface area contributed by atoms with Crippen molar-refractivity contribution in [3.63, 3.8) is 0 Å². The molecule has 216 valence electrons. The van der Waals surface area contributed by atoms with Crippen LogP contribution < -0.4 is 0 Å². The van der Waals surface area contributed by atoms with E-state index < -0.39 is 5.60 Å². The summed E-state index contributed by atoms with van der Waals surface area (Å²) in [6.07, 6.45) is 5.92. The number of piperazine rings is 1. The highest BCUT2D eigenvalue weighted by Crippen LogP contribution is 2.43. The first-order chi connectivity index (χ1) is 19.0. The molecule has 0 N–H and O–H groups in total. The molecular weight excluding hydrogens is 660 g/mol. The van der Waals surface area contributed by atoms with E-state index in [1.54, 1.807) is 4.90 Å². The first-order valence-electron chi connectivity index (χ1n) is 14.1. The van der Waals surface area contributed by atoms with Crippen molar-refractivity contribution in [3.8, 4) is 0 Å². The second-order valence-corrected chi connectivity index (χ2v) is 14.3. The summed E-state index contributed by atoms with van der Waals surface area (Å²) in [6.45, 7) is 9.56. The van der Waals surface area contributed by atoms with Crippen LogP contribution in [-0.4, -0.2) is 76.6 Å². The number of pyridine rings is 1. The second kappa shape index (κ2) is 12.3. The van der Waals surface area contributed by atoms with E-state index in [9.17, 15) is 9.59 Å². The molecule has 2 fully saturated rings. The van der Waals surface area contributed by atoms with Crippen LogP contribution in [0.1, 0.15) is 68.5 Å². The van der Waals surface area contributed by atoms with Crippen molar-refractivity contribution in [2.45, 2.75) is 64.5 Å². The van der Waals surface area contributed by atoms with Crippen molar-refractivity contribution in [1.82, 2.24) is 19.7 Å². The molecule has 0 radical (unpaired) electrons. The van der Waals surface area contributed by atoms with Gasteiger partial charge in [0.25, 0.3) is 0 Å². The summed E-state index contributed by atoms with van der Waals surface area (Å²) in [5.41, 5.74) is 4.39. The predicted molar refractivity (Wildman–Crippen MR) is 164 cm³/mol. The summed E-state index contributed by atoms with van der Waals surface area (Å²) in [4.78, 5) is 36.6. The van der Waals surface area contributed by atoms with Gasteiger partial charge in [-0.25, -0.2) is 4.79 Å². The Kier molecular flexibility index (Phi) is 9.15. The van der Waals surface area contributed by atoms with Gasteiger partial charge in [0.05, 0.1) is 11.7 Å². The number of likely N-dealkylation sites (tertiary alicyclic amines) is 1. The lowest BCUT2D eigenvalue weighted by atomic mass is 9.89. The normalized spacial score (nSPS) is 20.5. The van der Waals surface area contributed by atoms with Crippen molar-refractivity contribution in [2.24, 2.45) is 5.92 Å². The second-order valence-electron chi connectivity index (χ2n) is 12.1. The predicted octanol–water partition coefficient (Wildman–Crippen LogP) is 6.63. The SMILES string of the molecule is CC(C)(C)OC(=O)N1CCN(C(=O)CC2CCN(C3c4ncc(Br)cc4CCc4cc(Cl)cc(Br)c43)CC2)CC1. The maximum absolute atomic E-state index is 13.2. The summed E-state index contributed by atoms with van der Waals surface area (Å²) in [6, 6.07) is 6.34. The summed E-state index contributed by atoms with van der Waals surface area (Å²) >= 11 is 13.9. The quantitative estimate of drug-likeness (QED) is 0.361. The first-order valence-corrected chi connectivity index (χ1v) is 16.1. The summed E-state index contributed by atoms with van der Waals surface area (Å²) in [5, 5.41) is 0.744. The lowest BCUT2D eigenvalue weighted by Gasteiger charge is -2.39. The summed E-state index contributed by atoms with van der Waals surface area (Å²) in [7, 11) is 0. The minimum Gasteiger partial charge on any atom is -0.444 e. The number of carbonyl (C=O) groups is 2. The number of fused-ring (bicyclic) bond motifs is 2. The lowest BCUT2D eigenvalue weighted by Crippen LogP contribution is -2.52. The van der Waals surface area contributed by atoms with Gasteiger partial charge in [-0.05, 0) is 116 Å². The topological polar surface area (TPSA) is 66.0 Å². The van der Waals surface area contributed by atoms with Crippen LogP contribution >= 0.6 is 43.5 Å². The Labute approximate surface area is 258 Å². The van der Waals surface area contributed by atoms with Gasteiger partial charge in [0, 0.05) is 52.8 Å². The minimum absolute atomic E-state index is 0.0461.